The number of carbonyl (C=O) groups is 1. The van der Waals surface area contributed by atoms with Crippen molar-refractivity contribution < 1.29 is 4.79 Å². The van der Waals surface area contributed by atoms with Crippen molar-refractivity contribution in [2.45, 2.75) is 31.6 Å². The van der Waals surface area contributed by atoms with Crippen LogP contribution in [0.25, 0.3) is 10.8 Å². The first-order valence-electron chi connectivity index (χ1n) is 9.35. The van der Waals surface area contributed by atoms with Crippen LogP contribution in [0.15, 0.2) is 70.2 Å². The molecule has 4 rings (SSSR count). The van der Waals surface area contributed by atoms with Gasteiger partial charge in [-0.2, -0.15) is 5.10 Å². The van der Waals surface area contributed by atoms with Crippen molar-refractivity contribution in [3.63, 3.8) is 0 Å². The Hall–Kier alpha value is -2.44. The van der Waals surface area contributed by atoms with E-state index in [9.17, 15) is 4.79 Å². The summed E-state index contributed by atoms with van der Waals surface area (Å²) in [5.41, 5.74) is 1.12. The number of thioether (sulfide) groups is 1. The molecule has 0 saturated carbocycles. The van der Waals surface area contributed by atoms with Crippen molar-refractivity contribution in [1.29, 1.82) is 0 Å². The summed E-state index contributed by atoms with van der Waals surface area (Å²) in [4.78, 5) is 15.8. The summed E-state index contributed by atoms with van der Waals surface area (Å²) in [6, 6.07) is 18.5. The van der Waals surface area contributed by atoms with Gasteiger partial charge < -0.3 is 0 Å². The number of nitrogens with zero attached hydrogens (tertiary/aromatic N) is 3. The van der Waals surface area contributed by atoms with Gasteiger partial charge in [-0.25, -0.2) is 0 Å². The van der Waals surface area contributed by atoms with E-state index in [1.165, 1.54) is 22.5 Å². The van der Waals surface area contributed by atoms with Gasteiger partial charge in [0, 0.05) is 4.88 Å². The molecule has 1 saturated heterocycles. The van der Waals surface area contributed by atoms with Crippen LogP contribution in [0, 0.1) is 0 Å². The van der Waals surface area contributed by atoms with Crippen molar-refractivity contribution in [1.82, 2.24) is 4.90 Å². The van der Waals surface area contributed by atoms with Crippen molar-refractivity contribution in [3.8, 4) is 0 Å². The van der Waals surface area contributed by atoms with E-state index in [4.69, 9.17) is 0 Å². The Bertz CT molecular complexity index is 1020. The lowest BCUT2D eigenvalue weighted by Gasteiger charge is -2.17. The van der Waals surface area contributed by atoms with Crippen molar-refractivity contribution in [3.05, 3.63) is 70.4 Å². The maximum atomic E-state index is 13.0. The second-order valence-electron chi connectivity index (χ2n) is 6.60. The lowest BCUT2D eigenvalue weighted by molar-refractivity contribution is -0.126. The topological polar surface area (TPSA) is 45.0 Å². The number of carbonyl (C=O) groups excluding carboxylic acids is 1. The molecule has 1 aromatic heterocycles. The molecular weight excluding hydrogens is 386 g/mol. The third kappa shape index (κ3) is 4.03. The predicted octanol–water partition coefficient (Wildman–Crippen LogP) is 5.54. The minimum absolute atomic E-state index is 0.0735. The molecule has 1 aliphatic heterocycles. The van der Waals surface area contributed by atoms with Crippen molar-refractivity contribution >= 4 is 51.2 Å². The molecule has 0 bridgehead atoms. The van der Waals surface area contributed by atoms with Crippen LogP contribution < -0.4 is 0 Å². The zero-order chi connectivity index (χ0) is 19.3. The van der Waals surface area contributed by atoms with Crippen LogP contribution in [0.3, 0.4) is 0 Å². The van der Waals surface area contributed by atoms with Gasteiger partial charge in [-0.1, -0.05) is 73.6 Å². The smallest absolute Gasteiger partial charge is 0.242 e. The molecule has 2 heterocycles. The normalized spacial score (nSPS) is 18.8. The van der Waals surface area contributed by atoms with Crippen LogP contribution in [0.1, 0.15) is 30.2 Å². The van der Waals surface area contributed by atoms with Gasteiger partial charge in [0.1, 0.15) is 0 Å². The Morgan fingerprint density at radius 1 is 1.11 bits per heavy atom. The number of thiophene rings is 1. The van der Waals surface area contributed by atoms with Crippen molar-refractivity contribution in [2.75, 3.05) is 0 Å². The van der Waals surface area contributed by atoms with Gasteiger partial charge in [0.25, 0.3) is 0 Å². The Kier molecular flexibility index (Phi) is 5.88. The lowest BCUT2D eigenvalue weighted by Crippen LogP contribution is -2.31. The molecule has 0 N–H and O–H groups in total. The third-order valence-corrected chi connectivity index (χ3v) is 6.69. The molecule has 1 unspecified atom stereocenters. The second kappa shape index (κ2) is 8.71. The number of fused-ring (bicyclic) bond motifs is 1. The monoisotopic (exact) mass is 407 g/mol. The fraction of sp³-hybridized carbons (Fsp3) is 0.227. The number of rotatable bonds is 6. The molecule has 1 amide bonds. The number of benzene rings is 2. The van der Waals surface area contributed by atoms with E-state index in [0.717, 1.165) is 23.3 Å². The molecule has 0 spiro atoms. The van der Waals surface area contributed by atoms with E-state index in [-0.39, 0.29) is 11.2 Å². The molecule has 0 aliphatic carbocycles. The molecular formula is C22H21N3OS2. The summed E-state index contributed by atoms with van der Waals surface area (Å²) < 4.78 is 0. The van der Waals surface area contributed by atoms with Gasteiger partial charge in [0.2, 0.25) is 5.91 Å². The largest absolute Gasteiger partial charge is 0.284 e. The minimum atomic E-state index is -0.0735. The van der Waals surface area contributed by atoms with E-state index in [2.05, 4.69) is 41.4 Å². The molecule has 28 heavy (non-hydrogen) atoms. The van der Waals surface area contributed by atoms with Gasteiger partial charge in [0.15, 0.2) is 5.17 Å². The van der Waals surface area contributed by atoms with Gasteiger partial charge in [0.05, 0.1) is 18.0 Å². The molecule has 3 aromatic rings. The van der Waals surface area contributed by atoms with Gasteiger partial charge in [-0.15, -0.1) is 16.4 Å². The molecule has 0 radical (unpaired) electrons. The second-order valence-corrected chi connectivity index (χ2v) is 8.75. The Balaban J connectivity index is 1.63. The summed E-state index contributed by atoms with van der Waals surface area (Å²) in [6.07, 6.45) is 3.56. The van der Waals surface area contributed by atoms with Gasteiger partial charge >= 0.3 is 0 Å². The molecule has 4 nitrogen and oxygen atoms in total. The summed E-state index contributed by atoms with van der Waals surface area (Å²) in [7, 11) is 0. The molecule has 1 fully saturated rings. The molecule has 2 aromatic carbocycles. The van der Waals surface area contributed by atoms with Crippen LogP contribution >= 0.6 is 23.1 Å². The Morgan fingerprint density at radius 2 is 1.96 bits per heavy atom. The molecule has 6 heteroatoms. The van der Waals surface area contributed by atoms with E-state index < -0.39 is 0 Å². The first-order chi connectivity index (χ1) is 13.8. The van der Waals surface area contributed by atoms with Crippen LogP contribution in [-0.2, 0) is 11.3 Å². The average Bonchev–Trinajstić information content (AvgIpc) is 3.33. The quantitative estimate of drug-likeness (QED) is 0.398. The maximum Gasteiger partial charge on any atom is 0.242 e. The highest BCUT2D eigenvalue weighted by atomic mass is 32.2. The highest BCUT2D eigenvalue weighted by Gasteiger charge is 2.37. The zero-order valence-corrected chi connectivity index (χ0v) is 17.2. The fourth-order valence-electron chi connectivity index (χ4n) is 3.28. The predicted molar refractivity (Wildman–Crippen MR) is 120 cm³/mol. The zero-order valence-electron chi connectivity index (χ0n) is 15.6. The standard InChI is InChI=1S/C22H21N3OS2/c1-2-7-20-21(26)25(22(28-20)24-23-14-18-11-6-13-27-18)15-17-10-5-9-16-8-3-4-12-19(16)17/h3-6,8-14,20H,2,7,15H2,1H3. The Morgan fingerprint density at radius 3 is 2.79 bits per heavy atom. The maximum absolute atomic E-state index is 13.0. The SMILES string of the molecule is CCCC1SC(=NN=Cc2cccs2)N(Cc2cccc3ccccc23)C1=O. The summed E-state index contributed by atoms with van der Waals surface area (Å²) in [5.74, 6) is 0.129. The summed E-state index contributed by atoms with van der Waals surface area (Å²) in [5, 5.41) is 13.6. The van der Waals surface area contributed by atoms with E-state index in [1.807, 2.05) is 35.7 Å². The fourth-order valence-corrected chi connectivity index (χ4v) is 5.07. The van der Waals surface area contributed by atoms with E-state index in [1.54, 1.807) is 22.5 Å². The average molecular weight is 408 g/mol. The molecule has 1 aliphatic rings. The van der Waals surface area contributed by atoms with E-state index >= 15 is 0 Å². The third-order valence-electron chi connectivity index (χ3n) is 4.65. The van der Waals surface area contributed by atoms with Gasteiger partial charge in [-0.05, 0) is 34.2 Å². The highest BCUT2D eigenvalue weighted by Crippen LogP contribution is 2.32. The number of hydrogen-bond donors (Lipinski definition) is 0. The summed E-state index contributed by atoms with van der Waals surface area (Å²) >= 11 is 3.14. The molecule has 1 atom stereocenters. The number of amides is 1. The van der Waals surface area contributed by atoms with Gasteiger partial charge in [-0.3, -0.25) is 9.69 Å². The van der Waals surface area contributed by atoms with Crippen LogP contribution in [0.4, 0.5) is 0 Å². The summed E-state index contributed by atoms with van der Waals surface area (Å²) in [6.45, 7) is 2.62. The Labute approximate surface area is 173 Å². The minimum Gasteiger partial charge on any atom is -0.284 e. The van der Waals surface area contributed by atoms with E-state index in [0.29, 0.717) is 11.7 Å². The number of hydrogen-bond acceptors (Lipinski definition) is 5. The highest BCUT2D eigenvalue weighted by molar-refractivity contribution is 8.15. The number of amidine groups is 1. The van der Waals surface area contributed by atoms with Crippen LogP contribution in [-0.4, -0.2) is 27.4 Å². The first-order valence-corrected chi connectivity index (χ1v) is 11.1. The van der Waals surface area contributed by atoms with Crippen LogP contribution in [0.5, 0.6) is 0 Å². The first kappa shape index (κ1) is 18.9. The van der Waals surface area contributed by atoms with Crippen molar-refractivity contribution in [2.24, 2.45) is 10.2 Å². The molecule has 142 valence electrons. The van der Waals surface area contributed by atoms with Crippen LogP contribution in [0.2, 0.25) is 0 Å². The lowest BCUT2D eigenvalue weighted by atomic mass is 10.0.